The minimum atomic E-state index is 0.293. The number of amides is 1. The average molecular weight is 371 g/mol. The Hall–Kier alpha value is -1.84. The normalized spacial score (nSPS) is 15.2. The number of benzene rings is 2. The van der Waals surface area contributed by atoms with Gasteiger partial charge < -0.3 is 4.90 Å². The van der Waals surface area contributed by atoms with Gasteiger partial charge in [0.15, 0.2) is 0 Å². The van der Waals surface area contributed by atoms with E-state index in [4.69, 9.17) is 11.6 Å². The maximum Gasteiger partial charge on any atom is 0.222 e. The SMILES string of the molecule is O=C(CCCc1ccc(Cl)cc1)N1CCN(CCc2ccccc2)CC1. The van der Waals surface area contributed by atoms with Crippen molar-refractivity contribution in [2.24, 2.45) is 0 Å². The van der Waals surface area contributed by atoms with Gasteiger partial charge in [-0.1, -0.05) is 54.1 Å². The number of rotatable bonds is 7. The Morgan fingerprint density at radius 1 is 0.846 bits per heavy atom. The van der Waals surface area contributed by atoms with Crippen LogP contribution in [0.3, 0.4) is 0 Å². The van der Waals surface area contributed by atoms with Gasteiger partial charge in [-0.3, -0.25) is 9.69 Å². The van der Waals surface area contributed by atoms with Crippen LogP contribution in [0, 0.1) is 0 Å². The highest BCUT2D eigenvalue weighted by molar-refractivity contribution is 6.30. The van der Waals surface area contributed by atoms with Crippen molar-refractivity contribution in [3.63, 3.8) is 0 Å². The zero-order valence-electron chi connectivity index (χ0n) is 15.2. The summed E-state index contributed by atoms with van der Waals surface area (Å²) in [6, 6.07) is 18.5. The molecule has 1 heterocycles. The molecule has 2 aromatic carbocycles. The summed E-state index contributed by atoms with van der Waals surface area (Å²) in [5.74, 6) is 0.293. The molecule has 0 radical (unpaired) electrons. The predicted molar refractivity (Wildman–Crippen MR) is 108 cm³/mol. The van der Waals surface area contributed by atoms with E-state index in [1.54, 1.807) is 0 Å². The molecule has 0 N–H and O–H groups in total. The third kappa shape index (κ3) is 5.86. The zero-order chi connectivity index (χ0) is 18.2. The van der Waals surface area contributed by atoms with Crippen molar-refractivity contribution in [1.29, 1.82) is 0 Å². The van der Waals surface area contributed by atoms with Crippen LogP contribution in [0.2, 0.25) is 5.02 Å². The fraction of sp³-hybridized carbons (Fsp3) is 0.409. The molecule has 0 unspecified atom stereocenters. The van der Waals surface area contributed by atoms with Crippen molar-refractivity contribution in [2.45, 2.75) is 25.7 Å². The molecule has 0 bridgehead atoms. The lowest BCUT2D eigenvalue weighted by Gasteiger charge is -2.34. The zero-order valence-corrected chi connectivity index (χ0v) is 16.0. The monoisotopic (exact) mass is 370 g/mol. The number of carbonyl (C=O) groups excluding carboxylic acids is 1. The summed E-state index contributed by atoms with van der Waals surface area (Å²) in [6.45, 7) is 4.75. The lowest BCUT2D eigenvalue weighted by Crippen LogP contribution is -2.49. The second-order valence-corrected chi connectivity index (χ2v) is 7.37. The first kappa shape index (κ1) is 18.9. The Labute approximate surface area is 161 Å². The maximum atomic E-state index is 12.4. The molecule has 0 spiro atoms. The van der Waals surface area contributed by atoms with Gasteiger partial charge in [0.1, 0.15) is 0 Å². The summed E-state index contributed by atoms with van der Waals surface area (Å²) < 4.78 is 0. The topological polar surface area (TPSA) is 23.6 Å². The fourth-order valence-corrected chi connectivity index (χ4v) is 3.53. The van der Waals surface area contributed by atoms with Crippen molar-refractivity contribution in [3.8, 4) is 0 Å². The molecule has 0 saturated carbocycles. The highest BCUT2D eigenvalue weighted by Crippen LogP contribution is 2.13. The molecule has 2 aromatic rings. The molecule has 26 heavy (non-hydrogen) atoms. The van der Waals surface area contributed by atoms with Crippen molar-refractivity contribution in [1.82, 2.24) is 9.80 Å². The van der Waals surface area contributed by atoms with E-state index in [-0.39, 0.29) is 0 Å². The Morgan fingerprint density at radius 2 is 1.50 bits per heavy atom. The summed E-state index contributed by atoms with van der Waals surface area (Å²) in [7, 11) is 0. The third-order valence-electron chi connectivity index (χ3n) is 5.05. The number of piperazine rings is 1. The van der Waals surface area contributed by atoms with Crippen LogP contribution in [0.15, 0.2) is 54.6 Å². The predicted octanol–water partition coefficient (Wildman–Crippen LogP) is 4.05. The number of carbonyl (C=O) groups is 1. The number of hydrogen-bond donors (Lipinski definition) is 0. The standard InChI is InChI=1S/C22H27ClN2O/c23-21-11-9-20(10-12-21)7-4-8-22(26)25-17-15-24(16-18-25)14-13-19-5-2-1-3-6-19/h1-3,5-6,9-12H,4,7-8,13-18H2. The highest BCUT2D eigenvalue weighted by Gasteiger charge is 2.20. The van der Waals surface area contributed by atoms with Gasteiger partial charge in [0.25, 0.3) is 0 Å². The number of halogens is 1. The van der Waals surface area contributed by atoms with Crippen LogP contribution in [0.1, 0.15) is 24.0 Å². The first-order chi connectivity index (χ1) is 12.7. The van der Waals surface area contributed by atoms with Crippen LogP contribution in [0.4, 0.5) is 0 Å². The summed E-state index contributed by atoms with van der Waals surface area (Å²) in [5, 5.41) is 0.759. The average Bonchev–Trinajstić information content (AvgIpc) is 2.69. The van der Waals surface area contributed by atoms with Gasteiger partial charge in [-0.2, -0.15) is 0 Å². The number of hydrogen-bond acceptors (Lipinski definition) is 2. The van der Waals surface area contributed by atoms with Gasteiger partial charge in [0.2, 0.25) is 5.91 Å². The van der Waals surface area contributed by atoms with Crippen LogP contribution >= 0.6 is 11.6 Å². The molecule has 0 aromatic heterocycles. The molecule has 1 aliphatic rings. The van der Waals surface area contributed by atoms with E-state index < -0.39 is 0 Å². The summed E-state index contributed by atoms with van der Waals surface area (Å²) in [4.78, 5) is 16.9. The van der Waals surface area contributed by atoms with Gasteiger partial charge in [-0.05, 0) is 42.5 Å². The quantitative estimate of drug-likeness (QED) is 0.734. The van der Waals surface area contributed by atoms with Crippen molar-refractivity contribution in [2.75, 3.05) is 32.7 Å². The van der Waals surface area contributed by atoms with E-state index in [1.807, 2.05) is 29.2 Å². The second kappa shape index (κ2) is 9.75. The lowest BCUT2D eigenvalue weighted by molar-refractivity contribution is -0.133. The summed E-state index contributed by atoms with van der Waals surface area (Å²) in [6.07, 6.45) is 3.54. The minimum Gasteiger partial charge on any atom is -0.340 e. The van der Waals surface area contributed by atoms with Crippen molar-refractivity contribution < 1.29 is 4.79 Å². The van der Waals surface area contributed by atoms with Crippen LogP contribution in [-0.4, -0.2) is 48.4 Å². The third-order valence-corrected chi connectivity index (χ3v) is 5.31. The van der Waals surface area contributed by atoms with Gasteiger partial charge in [0, 0.05) is 44.2 Å². The molecule has 1 fully saturated rings. The Kier molecular flexibility index (Phi) is 7.10. The Balaban J connectivity index is 1.33. The lowest BCUT2D eigenvalue weighted by atomic mass is 10.1. The van der Waals surface area contributed by atoms with E-state index in [2.05, 4.69) is 35.2 Å². The van der Waals surface area contributed by atoms with Crippen molar-refractivity contribution in [3.05, 3.63) is 70.7 Å². The van der Waals surface area contributed by atoms with E-state index in [0.717, 1.165) is 57.0 Å². The molecular formula is C22H27ClN2O. The molecule has 1 aliphatic heterocycles. The van der Waals surface area contributed by atoms with Crippen LogP contribution < -0.4 is 0 Å². The molecule has 0 aliphatic carbocycles. The molecule has 1 amide bonds. The highest BCUT2D eigenvalue weighted by atomic mass is 35.5. The minimum absolute atomic E-state index is 0.293. The molecule has 3 rings (SSSR count). The van der Waals surface area contributed by atoms with Crippen LogP contribution in [0.5, 0.6) is 0 Å². The molecular weight excluding hydrogens is 344 g/mol. The van der Waals surface area contributed by atoms with Gasteiger partial charge in [-0.15, -0.1) is 0 Å². The van der Waals surface area contributed by atoms with E-state index in [9.17, 15) is 4.79 Å². The molecule has 138 valence electrons. The summed E-state index contributed by atoms with van der Waals surface area (Å²) >= 11 is 5.90. The van der Waals surface area contributed by atoms with E-state index >= 15 is 0 Å². The maximum absolute atomic E-state index is 12.4. The van der Waals surface area contributed by atoms with Gasteiger partial charge in [0.05, 0.1) is 0 Å². The molecule has 0 atom stereocenters. The van der Waals surface area contributed by atoms with Crippen LogP contribution in [-0.2, 0) is 17.6 Å². The second-order valence-electron chi connectivity index (χ2n) is 6.94. The van der Waals surface area contributed by atoms with Gasteiger partial charge in [-0.25, -0.2) is 0 Å². The molecule has 3 nitrogen and oxygen atoms in total. The number of aryl methyl sites for hydroxylation is 1. The fourth-order valence-electron chi connectivity index (χ4n) is 3.41. The van der Waals surface area contributed by atoms with Gasteiger partial charge >= 0.3 is 0 Å². The first-order valence-electron chi connectivity index (χ1n) is 9.49. The van der Waals surface area contributed by atoms with E-state index in [0.29, 0.717) is 12.3 Å². The van der Waals surface area contributed by atoms with E-state index in [1.165, 1.54) is 11.1 Å². The molecule has 4 heteroatoms. The Bertz CT molecular complexity index is 679. The van der Waals surface area contributed by atoms with Crippen LogP contribution in [0.25, 0.3) is 0 Å². The first-order valence-corrected chi connectivity index (χ1v) is 9.87. The molecule has 1 saturated heterocycles. The number of nitrogens with zero attached hydrogens (tertiary/aromatic N) is 2. The smallest absolute Gasteiger partial charge is 0.222 e. The summed E-state index contributed by atoms with van der Waals surface area (Å²) in [5.41, 5.74) is 2.63. The van der Waals surface area contributed by atoms with Crippen molar-refractivity contribution >= 4 is 17.5 Å². The Morgan fingerprint density at radius 3 is 2.19 bits per heavy atom. The largest absolute Gasteiger partial charge is 0.340 e.